The van der Waals surface area contributed by atoms with Crippen LogP contribution >= 0.6 is 0 Å². The number of ether oxygens (including phenoxy) is 2. The number of para-hydroxylation sites is 2. The van der Waals surface area contributed by atoms with Crippen LogP contribution in [-0.4, -0.2) is 48.2 Å². The summed E-state index contributed by atoms with van der Waals surface area (Å²) in [6.45, 7) is 2.10. The predicted octanol–water partition coefficient (Wildman–Crippen LogP) is 2.00. The van der Waals surface area contributed by atoms with Crippen molar-refractivity contribution >= 4 is 17.6 Å². The third-order valence-electron chi connectivity index (χ3n) is 4.18. The third-order valence-corrected chi connectivity index (χ3v) is 4.18. The van der Waals surface area contributed by atoms with Gasteiger partial charge in [-0.3, -0.25) is 9.59 Å². The summed E-state index contributed by atoms with van der Waals surface area (Å²) < 4.78 is 15.7. The molecule has 2 aromatic rings. The normalized spacial score (nSPS) is 16.4. The summed E-state index contributed by atoms with van der Waals surface area (Å²) in [6, 6.07) is 8.19. The van der Waals surface area contributed by atoms with Crippen molar-refractivity contribution in [2.24, 2.45) is 0 Å². The first kappa shape index (κ1) is 17.8. The lowest BCUT2D eigenvalue weighted by atomic mass is 10.2. The quantitative estimate of drug-likeness (QED) is 0.848. The van der Waals surface area contributed by atoms with Gasteiger partial charge < -0.3 is 24.2 Å². The average molecular weight is 359 g/mol. The molecule has 0 aliphatic carbocycles. The number of rotatable bonds is 6. The SMILES string of the molecule is COc1ccccc1OCC(=O)N1CCC[C@H]1C(=O)Nc1cc(C)on1. The lowest BCUT2D eigenvalue weighted by molar-refractivity contribution is -0.138. The molecular formula is C18H21N3O5. The van der Waals surface area contributed by atoms with Gasteiger partial charge in [-0.15, -0.1) is 0 Å². The fraction of sp³-hybridized carbons (Fsp3) is 0.389. The number of hydrogen-bond donors (Lipinski definition) is 1. The number of anilines is 1. The van der Waals surface area contributed by atoms with Crippen molar-refractivity contribution in [3.8, 4) is 11.5 Å². The molecular weight excluding hydrogens is 338 g/mol. The molecule has 1 aromatic heterocycles. The number of hydrogen-bond acceptors (Lipinski definition) is 6. The molecule has 8 nitrogen and oxygen atoms in total. The van der Waals surface area contributed by atoms with E-state index in [1.807, 2.05) is 6.07 Å². The van der Waals surface area contributed by atoms with Crippen molar-refractivity contribution in [3.63, 3.8) is 0 Å². The zero-order chi connectivity index (χ0) is 18.5. The fourth-order valence-corrected chi connectivity index (χ4v) is 2.93. The highest BCUT2D eigenvalue weighted by Gasteiger charge is 2.34. The second-order valence-electron chi connectivity index (χ2n) is 6.00. The molecule has 1 N–H and O–H groups in total. The molecule has 26 heavy (non-hydrogen) atoms. The Balaban J connectivity index is 1.60. The molecule has 1 aromatic carbocycles. The van der Waals surface area contributed by atoms with Gasteiger partial charge in [0.05, 0.1) is 7.11 Å². The summed E-state index contributed by atoms with van der Waals surface area (Å²) in [5.41, 5.74) is 0. The summed E-state index contributed by atoms with van der Waals surface area (Å²) in [7, 11) is 1.54. The standard InChI is InChI=1S/C18H21N3O5/c1-12-10-16(20-26-12)19-18(23)13-6-5-9-21(13)17(22)11-25-15-8-4-3-7-14(15)24-2/h3-4,7-8,10,13H,5-6,9,11H2,1-2H3,(H,19,20,23)/t13-/m0/s1. The fourth-order valence-electron chi connectivity index (χ4n) is 2.93. The molecule has 1 fully saturated rings. The smallest absolute Gasteiger partial charge is 0.261 e. The Labute approximate surface area is 151 Å². The van der Waals surface area contributed by atoms with Crippen molar-refractivity contribution in [3.05, 3.63) is 36.1 Å². The molecule has 0 radical (unpaired) electrons. The molecule has 0 unspecified atom stereocenters. The Morgan fingerprint density at radius 3 is 2.81 bits per heavy atom. The molecule has 138 valence electrons. The van der Waals surface area contributed by atoms with E-state index in [9.17, 15) is 9.59 Å². The highest BCUT2D eigenvalue weighted by atomic mass is 16.5. The van der Waals surface area contributed by atoms with Crippen LogP contribution in [0.5, 0.6) is 11.5 Å². The molecule has 0 spiro atoms. The maximum absolute atomic E-state index is 12.5. The number of nitrogens with one attached hydrogen (secondary N) is 1. The van der Waals surface area contributed by atoms with Crippen LogP contribution in [0.4, 0.5) is 5.82 Å². The molecule has 2 amide bonds. The van der Waals surface area contributed by atoms with Crippen LogP contribution in [0.1, 0.15) is 18.6 Å². The van der Waals surface area contributed by atoms with E-state index in [0.29, 0.717) is 36.0 Å². The van der Waals surface area contributed by atoms with E-state index < -0.39 is 6.04 Å². The number of carbonyl (C=O) groups is 2. The molecule has 3 rings (SSSR count). The Morgan fingerprint density at radius 1 is 1.35 bits per heavy atom. The van der Waals surface area contributed by atoms with E-state index >= 15 is 0 Å². The molecule has 0 saturated carbocycles. The Morgan fingerprint density at radius 2 is 2.12 bits per heavy atom. The Bertz CT molecular complexity index is 789. The Kier molecular flexibility index (Phi) is 5.40. The number of amides is 2. The van der Waals surface area contributed by atoms with Crippen molar-refractivity contribution in [2.45, 2.75) is 25.8 Å². The second-order valence-corrected chi connectivity index (χ2v) is 6.00. The maximum atomic E-state index is 12.5. The van der Waals surface area contributed by atoms with Gasteiger partial charge in [-0.1, -0.05) is 17.3 Å². The van der Waals surface area contributed by atoms with Crippen LogP contribution in [0.25, 0.3) is 0 Å². The van der Waals surface area contributed by atoms with Gasteiger partial charge in [0.2, 0.25) is 5.91 Å². The van der Waals surface area contributed by atoms with Crippen LogP contribution in [0.15, 0.2) is 34.9 Å². The van der Waals surface area contributed by atoms with Crippen LogP contribution in [0, 0.1) is 6.92 Å². The monoisotopic (exact) mass is 359 g/mol. The number of nitrogens with zero attached hydrogens (tertiary/aromatic N) is 2. The van der Waals surface area contributed by atoms with E-state index in [0.717, 1.165) is 6.42 Å². The van der Waals surface area contributed by atoms with E-state index in [2.05, 4.69) is 10.5 Å². The summed E-state index contributed by atoms with van der Waals surface area (Å²) in [6.07, 6.45) is 1.36. The predicted molar refractivity (Wildman–Crippen MR) is 93.1 cm³/mol. The number of methoxy groups -OCH3 is 1. The minimum atomic E-state index is -0.541. The average Bonchev–Trinajstić information content (AvgIpc) is 3.29. The minimum absolute atomic E-state index is 0.160. The van der Waals surface area contributed by atoms with Gasteiger partial charge in [-0.05, 0) is 31.9 Å². The van der Waals surface area contributed by atoms with Crippen molar-refractivity contribution in [1.82, 2.24) is 10.1 Å². The van der Waals surface area contributed by atoms with Crippen LogP contribution < -0.4 is 14.8 Å². The molecule has 8 heteroatoms. The first-order valence-corrected chi connectivity index (χ1v) is 8.38. The minimum Gasteiger partial charge on any atom is -0.493 e. The second kappa shape index (κ2) is 7.90. The van der Waals surface area contributed by atoms with Gasteiger partial charge in [0, 0.05) is 12.6 Å². The maximum Gasteiger partial charge on any atom is 0.261 e. The number of likely N-dealkylation sites (tertiary alicyclic amines) is 1. The number of aryl methyl sites for hydroxylation is 1. The van der Waals surface area contributed by atoms with Gasteiger partial charge in [0.1, 0.15) is 11.8 Å². The van der Waals surface area contributed by atoms with E-state index in [1.54, 1.807) is 31.2 Å². The number of aromatic nitrogens is 1. The summed E-state index contributed by atoms with van der Waals surface area (Å²) in [5, 5.41) is 6.43. The van der Waals surface area contributed by atoms with Gasteiger partial charge in [0.15, 0.2) is 23.9 Å². The first-order chi connectivity index (χ1) is 12.6. The molecule has 1 aliphatic heterocycles. The van der Waals surface area contributed by atoms with Gasteiger partial charge in [0.25, 0.3) is 5.91 Å². The summed E-state index contributed by atoms with van der Waals surface area (Å²) >= 11 is 0. The van der Waals surface area contributed by atoms with Gasteiger partial charge in [-0.25, -0.2) is 0 Å². The topological polar surface area (TPSA) is 93.9 Å². The number of benzene rings is 1. The molecule has 0 bridgehead atoms. The van der Waals surface area contributed by atoms with E-state index in [1.165, 1.54) is 12.0 Å². The highest BCUT2D eigenvalue weighted by molar-refractivity contribution is 5.97. The summed E-state index contributed by atoms with van der Waals surface area (Å²) in [4.78, 5) is 26.5. The van der Waals surface area contributed by atoms with Crippen LogP contribution in [0.2, 0.25) is 0 Å². The lowest BCUT2D eigenvalue weighted by Crippen LogP contribution is -2.45. The molecule has 2 heterocycles. The van der Waals surface area contributed by atoms with Crippen LogP contribution in [0.3, 0.4) is 0 Å². The zero-order valence-electron chi connectivity index (χ0n) is 14.7. The first-order valence-electron chi connectivity index (χ1n) is 8.38. The van der Waals surface area contributed by atoms with Crippen molar-refractivity contribution in [1.29, 1.82) is 0 Å². The third kappa shape index (κ3) is 3.96. The highest BCUT2D eigenvalue weighted by Crippen LogP contribution is 2.26. The summed E-state index contributed by atoms with van der Waals surface area (Å²) in [5.74, 6) is 1.47. The van der Waals surface area contributed by atoms with E-state index in [-0.39, 0.29) is 18.4 Å². The Hall–Kier alpha value is -3.03. The lowest BCUT2D eigenvalue weighted by Gasteiger charge is -2.23. The van der Waals surface area contributed by atoms with Crippen LogP contribution in [-0.2, 0) is 9.59 Å². The zero-order valence-corrected chi connectivity index (χ0v) is 14.7. The largest absolute Gasteiger partial charge is 0.493 e. The molecule has 1 aliphatic rings. The number of carbonyl (C=O) groups excluding carboxylic acids is 2. The molecule has 1 saturated heterocycles. The van der Waals surface area contributed by atoms with Crippen molar-refractivity contribution in [2.75, 3.05) is 25.6 Å². The molecule has 1 atom stereocenters. The van der Waals surface area contributed by atoms with E-state index in [4.69, 9.17) is 14.0 Å². The van der Waals surface area contributed by atoms with Crippen molar-refractivity contribution < 1.29 is 23.6 Å². The van der Waals surface area contributed by atoms with Gasteiger partial charge >= 0.3 is 0 Å². The van der Waals surface area contributed by atoms with Gasteiger partial charge in [-0.2, -0.15) is 0 Å².